The molecule has 9 heteroatoms. The second kappa shape index (κ2) is 9.84. The molecule has 0 saturated carbocycles. The largest absolute Gasteiger partial charge is 0.386 e. The Balaban J connectivity index is 1.67. The topological polar surface area (TPSA) is 106 Å². The van der Waals surface area contributed by atoms with Gasteiger partial charge in [-0.3, -0.25) is 14.3 Å². The van der Waals surface area contributed by atoms with Crippen LogP contribution in [0.2, 0.25) is 0 Å². The highest BCUT2D eigenvalue weighted by molar-refractivity contribution is 6.03. The van der Waals surface area contributed by atoms with Crippen LogP contribution in [-0.4, -0.2) is 70.6 Å². The van der Waals surface area contributed by atoms with Crippen LogP contribution in [0.15, 0.2) is 30.3 Å². The predicted octanol–water partition coefficient (Wildman–Crippen LogP) is 1.28. The third-order valence-electron chi connectivity index (χ3n) is 5.02. The van der Waals surface area contributed by atoms with Crippen LogP contribution in [-0.2, 0) is 21.3 Å². The first-order chi connectivity index (χ1) is 14.4. The minimum Gasteiger partial charge on any atom is -0.386 e. The average Bonchev–Trinajstić information content (AvgIpc) is 3.07. The maximum Gasteiger partial charge on any atom is 0.273 e. The normalized spacial score (nSPS) is 17.8. The maximum absolute atomic E-state index is 12.4. The lowest BCUT2D eigenvalue weighted by Gasteiger charge is -2.38. The van der Waals surface area contributed by atoms with Gasteiger partial charge in [0.25, 0.3) is 5.91 Å². The average molecular weight is 416 g/mol. The number of hydrogen-bond donors (Lipinski definition) is 2. The van der Waals surface area contributed by atoms with Crippen molar-refractivity contribution in [3.05, 3.63) is 47.3 Å². The molecular formula is C21H28N4O5. The monoisotopic (exact) mass is 416 g/mol. The first kappa shape index (κ1) is 21.9. The van der Waals surface area contributed by atoms with Gasteiger partial charge in [-0.1, -0.05) is 12.1 Å². The van der Waals surface area contributed by atoms with Gasteiger partial charge < -0.3 is 24.8 Å². The number of nitrogens with one attached hydrogen (secondary N) is 1. The van der Waals surface area contributed by atoms with Crippen molar-refractivity contribution in [2.75, 3.05) is 38.3 Å². The van der Waals surface area contributed by atoms with E-state index in [9.17, 15) is 14.7 Å². The Morgan fingerprint density at radius 2 is 2.13 bits per heavy atom. The number of nitrogens with zero attached hydrogens (tertiary/aromatic N) is 3. The molecule has 1 aliphatic heterocycles. The third-order valence-corrected chi connectivity index (χ3v) is 5.02. The number of morpholine rings is 1. The van der Waals surface area contributed by atoms with Crippen LogP contribution in [0.5, 0.6) is 0 Å². The van der Waals surface area contributed by atoms with Crippen molar-refractivity contribution in [1.82, 2.24) is 14.7 Å². The zero-order valence-electron chi connectivity index (χ0n) is 17.5. The molecule has 2 amide bonds. The zero-order valence-corrected chi connectivity index (χ0v) is 17.5. The van der Waals surface area contributed by atoms with E-state index in [-0.39, 0.29) is 25.0 Å². The molecule has 30 heavy (non-hydrogen) atoms. The molecule has 0 aliphatic carbocycles. The van der Waals surface area contributed by atoms with E-state index in [4.69, 9.17) is 9.47 Å². The number of hydrogen-bond acceptors (Lipinski definition) is 6. The van der Waals surface area contributed by atoms with Crippen LogP contribution in [0, 0.1) is 6.92 Å². The van der Waals surface area contributed by atoms with Crippen LogP contribution in [0.4, 0.5) is 5.69 Å². The van der Waals surface area contributed by atoms with Crippen LogP contribution in [0.3, 0.4) is 0 Å². The van der Waals surface area contributed by atoms with Crippen LogP contribution in [0.1, 0.15) is 34.8 Å². The molecule has 2 N–H and O–H groups in total. The van der Waals surface area contributed by atoms with E-state index in [1.165, 1.54) is 4.68 Å². The molecule has 1 aromatic carbocycles. The van der Waals surface area contributed by atoms with Crippen molar-refractivity contribution >= 4 is 17.5 Å². The summed E-state index contributed by atoms with van der Waals surface area (Å²) in [6.45, 7) is 5.34. The number of benzene rings is 1. The molecule has 1 aliphatic rings. The van der Waals surface area contributed by atoms with E-state index in [1.54, 1.807) is 42.3 Å². The van der Waals surface area contributed by atoms with Gasteiger partial charge in [0.1, 0.15) is 18.4 Å². The summed E-state index contributed by atoms with van der Waals surface area (Å²) in [5.41, 5.74) is 2.45. The van der Waals surface area contributed by atoms with E-state index >= 15 is 0 Å². The van der Waals surface area contributed by atoms with Gasteiger partial charge in [0.2, 0.25) is 5.91 Å². The summed E-state index contributed by atoms with van der Waals surface area (Å²) in [5, 5.41) is 17.9. The van der Waals surface area contributed by atoms with Gasteiger partial charge in [-0.25, -0.2) is 0 Å². The minimum atomic E-state index is -0.916. The first-order valence-corrected chi connectivity index (χ1v) is 9.95. The van der Waals surface area contributed by atoms with Crippen molar-refractivity contribution in [1.29, 1.82) is 0 Å². The van der Waals surface area contributed by atoms with E-state index in [0.717, 1.165) is 5.69 Å². The van der Waals surface area contributed by atoms with Crippen LogP contribution >= 0.6 is 0 Å². The quantitative estimate of drug-likeness (QED) is 0.628. The van der Waals surface area contributed by atoms with Gasteiger partial charge in [0.15, 0.2) is 0 Å². The molecule has 162 valence electrons. The molecule has 2 atom stereocenters. The van der Waals surface area contributed by atoms with Gasteiger partial charge in [-0.15, -0.1) is 0 Å². The standard InChI is InChI=1S/C21H28N4O5/c1-4-29-10-9-25-18(12-30-13-19(25)26)20(27)15-5-7-16(8-6-15)22-21(28)17-11-14(2)23-24(17)3/h5-8,11,18,20,27H,4,9-10,12-13H2,1-3H3,(H,22,28). The number of carbonyl (C=O) groups excluding carboxylic acids is 2. The first-order valence-electron chi connectivity index (χ1n) is 9.95. The number of aliphatic hydroxyl groups is 1. The molecule has 2 unspecified atom stereocenters. The number of aromatic nitrogens is 2. The summed E-state index contributed by atoms with van der Waals surface area (Å²) in [7, 11) is 1.71. The minimum absolute atomic E-state index is 0.00774. The Morgan fingerprint density at radius 1 is 1.40 bits per heavy atom. The van der Waals surface area contributed by atoms with Crippen molar-refractivity contribution in [3.8, 4) is 0 Å². The highest BCUT2D eigenvalue weighted by Crippen LogP contribution is 2.25. The number of anilines is 1. The predicted molar refractivity (Wildman–Crippen MR) is 110 cm³/mol. The van der Waals surface area contributed by atoms with E-state index in [1.807, 2.05) is 13.8 Å². The highest BCUT2D eigenvalue weighted by atomic mass is 16.5. The highest BCUT2D eigenvalue weighted by Gasteiger charge is 2.34. The summed E-state index contributed by atoms with van der Waals surface area (Å²) in [4.78, 5) is 26.3. The Morgan fingerprint density at radius 3 is 2.77 bits per heavy atom. The lowest BCUT2D eigenvalue weighted by atomic mass is 10.00. The fraction of sp³-hybridized carbons (Fsp3) is 0.476. The molecule has 9 nitrogen and oxygen atoms in total. The van der Waals surface area contributed by atoms with Gasteiger partial charge in [-0.05, 0) is 37.6 Å². The summed E-state index contributed by atoms with van der Waals surface area (Å²) < 4.78 is 12.2. The molecule has 0 spiro atoms. The Hall–Kier alpha value is -2.75. The number of rotatable bonds is 8. The zero-order chi connectivity index (χ0) is 21.7. The fourth-order valence-corrected chi connectivity index (χ4v) is 3.49. The molecule has 0 bridgehead atoms. The lowest BCUT2D eigenvalue weighted by Crippen LogP contribution is -2.53. The smallest absolute Gasteiger partial charge is 0.273 e. The fourth-order valence-electron chi connectivity index (χ4n) is 3.49. The second-order valence-corrected chi connectivity index (χ2v) is 7.18. The SMILES string of the molecule is CCOCCN1C(=O)COCC1C(O)c1ccc(NC(=O)c2cc(C)nn2C)cc1. The molecule has 1 fully saturated rings. The summed E-state index contributed by atoms with van der Waals surface area (Å²) in [6.07, 6.45) is -0.916. The van der Waals surface area contributed by atoms with E-state index < -0.39 is 12.1 Å². The second-order valence-electron chi connectivity index (χ2n) is 7.18. The summed E-state index contributed by atoms with van der Waals surface area (Å²) >= 11 is 0. The third kappa shape index (κ3) is 5.05. The molecule has 2 aromatic rings. The number of carbonyl (C=O) groups is 2. The van der Waals surface area contributed by atoms with Crippen molar-refractivity contribution in [3.63, 3.8) is 0 Å². The van der Waals surface area contributed by atoms with Crippen molar-refractivity contribution < 1.29 is 24.2 Å². The molecular weight excluding hydrogens is 388 g/mol. The van der Waals surface area contributed by atoms with Gasteiger partial charge in [0, 0.05) is 25.9 Å². The van der Waals surface area contributed by atoms with Crippen molar-refractivity contribution in [2.24, 2.45) is 7.05 Å². The molecule has 1 saturated heterocycles. The van der Waals surface area contributed by atoms with Gasteiger partial charge >= 0.3 is 0 Å². The van der Waals surface area contributed by atoms with Gasteiger partial charge in [0.05, 0.1) is 24.9 Å². The van der Waals surface area contributed by atoms with E-state index in [2.05, 4.69) is 10.4 Å². The Bertz CT molecular complexity index is 880. The van der Waals surface area contributed by atoms with Crippen molar-refractivity contribution in [2.45, 2.75) is 26.0 Å². The number of aryl methyl sites for hydroxylation is 2. The van der Waals surface area contributed by atoms with Crippen LogP contribution in [0.25, 0.3) is 0 Å². The Kier molecular flexibility index (Phi) is 7.20. The lowest BCUT2D eigenvalue weighted by molar-refractivity contribution is -0.155. The summed E-state index contributed by atoms with van der Waals surface area (Å²) in [5.74, 6) is -0.430. The number of ether oxygens (including phenoxy) is 2. The molecule has 0 radical (unpaired) electrons. The molecule has 2 heterocycles. The number of aliphatic hydroxyl groups excluding tert-OH is 1. The number of amides is 2. The molecule has 1 aromatic heterocycles. The summed E-state index contributed by atoms with van der Waals surface area (Å²) in [6, 6.07) is 8.11. The van der Waals surface area contributed by atoms with Gasteiger partial charge in [-0.2, -0.15) is 5.10 Å². The maximum atomic E-state index is 12.4. The van der Waals surface area contributed by atoms with Crippen LogP contribution < -0.4 is 5.32 Å². The Labute approximate surface area is 175 Å². The molecule has 3 rings (SSSR count). The van der Waals surface area contributed by atoms with E-state index in [0.29, 0.717) is 36.7 Å².